The molecule has 3 aromatic rings. The normalized spacial score (nSPS) is 11.5. The number of ether oxygens (including phenoxy) is 1. The van der Waals surface area contributed by atoms with Gasteiger partial charge in [-0.3, -0.25) is 0 Å². The van der Waals surface area contributed by atoms with Crippen molar-refractivity contribution in [1.29, 1.82) is 0 Å². The molecule has 0 atom stereocenters. The van der Waals surface area contributed by atoms with Gasteiger partial charge in [-0.05, 0) is 54.3 Å². The predicted molar refractivity (Wildman–Crippen MR) is 121 cm³/mol. The van der Waals surface area contributed by atoms with Gasteiger partial charge in [-0.1, -0.05) is 32.9 Å². The molecule has 8 heteroatoms. The second-order valence-electron chi connectivity index (χ2n) is 7.73. The summed E-state index contributed by atoms with van der Waals surface area (Å²) in [5, 5.41) is 2.81. The van der Waals surface area contributed by atoms with E-state index < -0.39 is 11.7 Å². The second-order valence-corrected chi connectivity index (χ2v) is 7.73. The highest BCUT2D eigenvalue weighted by molar-refractivity contribution is 5.64. The Balaban J connectivity index is 1.89. The summed E-state index contributed by atoms with van der Waals surface area (Å²) in [6.45, 7) is 6.75. The zero-order valence-corrected chi connectivity index (χ0v) is 18.6. The molecular weight excluding hydrogens is 417 g/mol. The largest absolute Gasteiger partial charge is 0.494 e. The lowest BCUT2D eigenvalue weighted by atomic mass is 10.0. The van der Waals surface area contributed by atoms with Gasteiger partial charge in [-0.25, -0.2) is 4.98 Å². The van der Waals surface area contributed by atoms with Crippen molar-refractivity contribution in [2.45, 2.75) is 39.3 Å². The Morgan fingerprint density at radius 2 is 1.69 bits per heavy atom. The van der Waals surface area contributed by atoms with E-state index in [0.29, 0.717) is 18.2 Å². The van der Waals surface area contributed by atoms with Gasteiger partial charge in [0.1, 0.15) is 17.1 Å². The predicted octanol–water partition coefficient (Wildman–Crippen LogP) is 6.92. The Hall–Kier alpha value is -3.29. The lowest BCUT2D eigenvalue weighted by Gasteiger charge is -2.20. The highest BCUT2D eigenvalue weighted by Gasteiger charge is 2.35. The van der Waals surface area contributed by atoms with Gasteiger partial charge in [0, 0.05) is 24.6 Å². The van der Waals surface area contributed by atoms with E-state index in [4.69, 9.17) is 4.74 Å². The van der Waals surface area contributed by atoms with E-state index in [2.05, 4.69) is 29.1 Å². The summed E-state index contributed by atoms with van der Waals surface area (Å²) in [4.78, 5) is 9.77. The molecule has 0 unspecified atom stereocenters. The van der Waals surface area contributed by atoms with Crippen molar-refractivity contribution in [3.63, 3.8) is 0 Å². The zero-order chi connectivity index (χ0) is 23.3. The van der Waals surface area contributed by atoms with Crippen LogP contribution in [-0.4, -0.2) is 23.6 Å². The lowest BCUT2D eigenvalue weighted by molar-refractivity contribution is -0.137. The quantitative estimate of drug-likeness (QED) is 0.409. The molecular formula is C24H27F3N4O. The van der Waals surface area contributed by atoms with Gasteiger partial charge < -0.3 is 15.0 Å². The number of nitrogens with one attached hydrogen (secondary N) is 1. The molecule has 0 amide bonds. The van der Waals surface area contributed by atoms with Gasteiger partial charge in [-0.2, -0.15) is 18.2 Å². The lowest BCUT2D eigenvalue weighted by Crippen LogP contribution is -2.17. The number of hydrogen-bond donors (Lipinski definition) is 1. The van der Waals surface area contributed by atoms with Crippen molar-refractivity contribution in [3.05, 3.63) is 65.9 Å². The average molecular weight is 445 g/mol. The first-order valence-electron chi connectivity index (χ1n) is 10.5. The fourth-order valence-electron chi connectivity index (χ4n) is 3.03. The van der Waals surface area contributed by atoms with E-state index in [9.17, 15) is 13.2 Å². The molecule has 0 saturated carbocycles. The van der Waals surface area contributed by atoms with Crippen LogP contribution >= 0.6 is 0 Å². The van der Waals surface area contributed by atoms with Crippen molar-refractivity contribution in [1.82, 2.24) is 9.97 Å². The Morgan fingerprint density at radius 1 is 1.03 bits per heavy atom. The molecule has 1 N–H and O–H groups in total. The number of alkyl halides is 3. The maximum absolute atomic E-state index is 13.6. The third-order valence-corrected chi connectivity index (χ3v) is 4.92. The van der Waals surface area contributed by atoms with E-state index in [1.165, 1.54) is 0 Å². The molecule has 1 heterocycles. The van der Waals surface area contributed by atoms with E-state index in [1.807, 2.05) is 31.2 Å². The smallest absolute Gasteiger partial charge is 0.421 e. The first kappa shape index (κ1) is 23.4. The van der Waals surface area contributed by atoms with Gasteiger partial charge in [0.2, 0.25) is 5.95 Å². The Kier molecular flexibility index (Phi) is 7.22. The van der Waals surface area contributed by atoms with Gasteiger partial charge in [0.25, 0.3) is 0 Å². The fraction of sp³-hybridized carbons (Fsp3) is 0.333. The molecule has 3 rings (SSSR count). The van der Waals surface area contributed by atoms with Crippen LogP contribution in [-0.2, 0) is 6.18 Å². The second kappa shape index (κ2) is 9.89. The summed E-state index contributed by atoms with van der Waals surface area (Å²) in [5.74, 6) is 0.897. The van der Waals surface area contributed by atoms with E-state index in [0.717, 1.165) is 29.6 Å². The maximum atomic E-state index is 13.6. The summed E-state index contributed by atoms with van der Waals surface area (Å²) >= 11 is 0. The van der Waals surface area contributed by atoms with Crippen LogP contribution < -0.4 is 15.0 Å². The fourth-order valence-corrected chi connectivity index (χ4v) is 3.03. The Morgan fingerprint density at radius 3 is 2.25 bits per heavy atom. The molecule has 32 heavy (non-hydrogen) atoms. The number of benzene rings is 2. The minimum Gasteiger partial charge on any atom is -0.494 e. The molecule has 170 valence electrons. The van der Waals surface area contributed by atoms with Crippen LogP contribution in [0.4, 0.5) is 36.3 Å². The molecule has 2 aromatic carbocycles. The first-order chi connectivity index (χ1) is 15.2. The number of rotatable bonds is 8. The van der Waals surface area contributed by atoms with Crippen molar-refractivity contribution in [2.75, 3.05) is 23.9 Å². The van der Waals surface area contributed by atoms with Crippen LogP contribution in [0, 0.1) is 0 Å². The molecule has 0 saturated heterocycles. The number of aromatic nitrogens is 2. The van der Waals surface area contributed by atoms with Crippen LogP contribution in [0.15, 0.2) is 54.7 Å². The molecule has 0 fully saturated rings. The molecule has 0 aliphatic heterocycles. The van der Waals surface area contributed by atoms with Crippen molar-refractivity contribution >= 4 is 23.1 Å². The van der Waals surface area contributed by atoms with E-state index in [1.54, 1.807) is 36.2 Å². The zero-order valence-electron chi connectivity index (χ0n) is 18.6. The third kappa shape index (κ3) is 5.69. The van der Waals surface area contributed by atoms with Crippen LogP contribution in [0.2, 0.25) is 0 Å². The molecule has 0 radical (unpaired) electrons. The molecule has 1 aromatic heterocycles. The van der Waals surface area contributed by atoms with Crippen molar-refractivity contribution in [3.8, 4) is 5.75 Å². The average Bonchev–Trinajstić information content (AvgIpc) is 2.77. The van der Waals surface area contributed by atoms with E-state index >= 15 is 0 Å². The molecule has 0 bridgehead atoms. The summed E-state index contributed by atoms with van der Waals surface area (Å²) in [6, 6.07) is 14.5. The van der Waals surface area contributed by atoms with Gasteiger partial charge in [-0.15, -0.1) is 0 Å². The van der Waals surface area contributed by atoms with Gasteiger partial charge >= 0.3 is 6.18 Å². The Bertz CT molecular complexity index is 1020. The van der Waals surface area contributed by atoms with Gasteiger partial charge in [0.05, 0.1) is 6.61 Å². The van der Waals surface area contributed by atoms with Gasteiger partial charge in [0.15, 0.2) is 0 Å². The summed E-state index contributed by atoms with van der Waals surface area (Å²) < 4.78 is 46.3. The standard InChI is InChI=1S/C24H27F3N4O/c1-5-14-32-20-12-10-19(11-13-20)31(4)23-28-15-21(24(25,26)27)22(30-23)29-18-8-6-17(7-9-18)16(2)3/h6-13,15-16H,5,14H2,1-4H3,(H,28,29,30). The monoisotopic (exact) mass is 444 g/mol. The summed E-state index contributed by atoms with van der Waals surface area (Å²) in [7, 11) is 1.70. The van der Waals surface area contributed by atoms with Crippen LogP contribution in [0.5, 0.6) is 5.75 Å². The maximum Gasteiger partial charge on any atom is 0.421 e. The highest BCUT2D eigenvalue weighted by Crippen LogP contribution is 2.36. The molecule has 0 aliphatic rings. The SMILES string of the molecule is CCCOc1ccc(N(C)c2ncc(C(F)(F)F)c(Nc3ccc(C(C)C)cc3)n2)cc1. The third-order valence-electron chi connectivity index (χ3n) is 4.92. The minimum absolute atomic E-state index is 0.140. The summed E-state index contributed by atoms with van der Waals surface area (Å²) in [6.07, 6.45) is -2.88. The first-order valence-corrected chi connectivity index (χ1v) is 10.5. The van der Waals surface area contributed by atoms with Crippen molar-refractivity contribution < 1.29 is 17.9 Å². The highest BCUT2D eigenvalue weighted by atomic mass is 19.4. The van der Waals surface area contributed by atoms with Crippen LogP contribution in [0.1, 0.15) is 44.2 Å². The number of nitrogens with zero attached hydrogens (tertiary/aromatic N) is 3. The molecule has 0 aliphatic carbocycles. The van der Waals surface area contributed by atoms with Crippen LogP contribution in [0.25, 0.3) is 0 Å². The molecule has 0 spiro atoms. The molecule has 5 nitrogen and oxygen atoms in total. The summed E-state index contributed by atoms with van der Waals surface area (Å²) in [5.41, 5.74) is 1.41. The Labute approximate surface area is 186 Å². The minimum atomic E-state index is -4.59. The number of hydrogen-bond acceptors (Lipinski definition) is 5. The van der Waals surface area contributed by atoms with E-state index in [-0.39, 0.29) is 11.8 Å². The topological polar surface area (TPSA) is 50.3 Å². The number of anilines is 4. The van der Waals surface area contributed by atoms with Crippen molar-refractivity contribution in [2.24, 2.45) is 0 Å². The number of halogens is 3. The van der Waals surface area contributed by atoms with Crippen LogP contribution in [0.3, 0.4) is 0 Å².